The highest BCUT2D eigenvalue weighted by Gasteiger charge is 2.09. The van der Waals surface area contributed by atoms with Crippen LogP contribution in [-0.2, 0) is 6.54 Å². The number of carbonyl (C=O) groups is 1. The predicted octanol–water partition coefficient (Wildman–Crippen LogP) is 4.81. The Bertz CT molecular complexity index is 699. The van der Waals surface area contributed by atoms with Crippen molar-refractivity contribution in [2.75, 3.05) is 13.7 Å². The van der Waals surface area contributed by atoms with Gasteiger partial charge in [-0.3, -0.25) is 4.79 Å². The Morgan fingerprint density at radius 1 is 1.12 bits per heavy atom. The standard InChI is InChI=1S/C20H24BrNO3/c1-14(2)10-11-25-18-9-4-15(12-19(18)24-3)13-22-20(23)16-5-7-17(21)8-6-16/h4-9,12,14H,10-11,13H2,1-3H3,(H,22,23). The summed E-state index contributed by atoms with van der Waals surface area (Å²) in [6.07, 6.45) is 0.994. The quantitative estimate of drug-likeness (QED) is 0.684. The summed E-state index contributed by atoms with van der Waals surface area (Å²) in [4.78, 5) is 12.2. The van der Waals surface area contributed by atoms with Gasteiger partial charge in [-0.05, 0) is 54.3 Å². The summed E-state index contributed by atoms with van der Waals surface area (Å²) in [5.74, 6) is 1.90. The van der Waals surface area contributed by atoms with Gasteiger partial charge in [-0.1, -0.05) is 35.8 Å². The van der Waals surface area contributed by atoms with E-state index in [0.29, 0.717) is 30.4 Å². The van der Waals surface area contributed by atoms with Gasteiger partial charge in [-0.25, -0.2) is 0 Å². The molecule has 0 heterocycles. The van der Waals surface area contributed by atoms with Crippen molar-refractivity contribution in [2.24, 2.45) is 5.92 Å². The van der Waals surface area contributed by atoms with E-state index in [9.17, 15) is 4.79 Å². The molecule has 2 aromatic carbocycles. The molecule has 0 aliphatic heterocycles. The van der Waals surface area contributed by atoms with Crippen molar-refractivity contribution in [1.29, 1.82) is 0 Å². The molecule has 134 valence electrons. The first-order chi connectivity index (χ1) is 12.0. The number of rotatable bonds is 8. The fourth-order valence-electron chi connectivity index (χ4n) is 2.23. The summed E-state index contributed by atoms with van der Waals surface area (Å²) in [5, 5.41) is 2.91. The van der Waals surface area contributed by atoms with Crippen LogP contribution in [0.25, 0.3) is 0 Å². The molecule has 0 aliphatic carbocycles. The van der Waals surface area contributed by atoms with Crippen LogP contribution in [-0.4, -0.2) is 19.6 Å². The molecule has 1 N–H and O–H groups in total. The molecule has 0 atom stereocenters. The Morgan fingerprint density at radius 3 is 2.48 bits per heavy atom. The van der Waals surface area contributed by atoms with Gasteiger partial charge in [0.05, 0.1) is 13.7 Å². The van der Waals surface area contributed by atoms with Crippen molar-refractivity contribution in [3.05, 3.63) is 58.1 Å². The molecule has 0 fully saturated rings. The Kier molecular flexibility index (Phi) is 7.31. The van der Waals surface area contributed by atoms with Gasteiger partial charge in [-0.2, -0.15) is 0 Å². The van der Waals surface area contributed by atoms with E-state index in [4.69, 9.17) is 9.47 Å². The van der Waals surface area contributed by atoms with E-state index < -0.39 is 0 Å². The van der Waals surface area contributed by atoms with E-state index >= 15 is 0 Å². The van der Waals surface area contributed by atoms with Crippen LogP contribution in [0, 0.1) is 5.92 Å². The molecule has 0 aromatic heterocycles. The average Bonchev–Trinajstić information content (AvgIpc) is 2.60. The molecular formula is C20H24BrNO3. The third-order valence-corrected chi connectivity index (χ3v) is 4.27. The van der Waals surface area contributed by atoms with Crippen molar-refractivity contribution in [2.45, 2.75) is 26.8 Å². The normalized spacial score (nSPS) is 10.6. The molecule has 2 aromatic rings. The van der Waals surface area contributed by atoms with Crippen LogP contribution in [0.4, 0.5) is 0 Å². The third-order valence-electron chi connectivity index (χ3n) is 3.74. The molecule has 2 rings (SSSR count). The van der Waals surface area contributed by atoms with Crippen molar-refractivity contribution in [3.63, 3.8) is 0 Å². The average molecular weight is 406 g/mol. The van der Waals surface area contributed by atoms with Crippen LogP contribution < -0.4 is 14.8 Å². The maximum Gasteiger partial charge on any atom is 0.251 e. The summed E-state index contributed by atoms with van der Waals surface area (Å²) in [7, 11) is 1.62. The van der Waals surface area contributed by atoms with Gasteiger partial charge in [0.2, 0.25) is 0 Å². The maximum absolute atomic E-state index is 12.2. The number of ether oxygens (including phenoxy) is 2. The van der Waals surface area contributed by atoms with Gasteiger partial charge < -0.3 is 14.8 Å². The second-order valence-corrected chi connectivity index (χ2v) is 7.12. The number of hydrogen-bond donors (Lipinski definition) is 1. The smallest absolute Gasteiger partial charge is 0.251 e. The Hall–Kier alpha value is -2.01. The zero-order valence-corrected chi connectivity index (χ0v) is 16.4. The first-order valence-electron chi connectivity index (χ1n) is 8.33. The largest absolute Gasteiger partial charge is 0.493 e. The lowest BCUT2D eigenvalue weighted by atomic mass is 10.1. The van der Waals surface area contributed by atoms with Crippen LogP contribution >= 0.6 is 15.9 Å². The molecule has 0 unspecified atom stereocenters. The highest BCUT2D eigenvalue weighted by Crippen LogP contribution is 2.28. The highest BCUT2D eigenvalue weighted by molar-refractivity contribution is 9.10. The monoisotopic (exact) mass is 405 g/mol. The van der Waals surface area contributed by atoms with E-state index in [1.807, 2.05) is 30.3 Å². The van der Waals surface area contributed by atoms with Gasteiger partial charge in [-0.15, -0.1) is 0 Å². The first-order valence-corrected chi connectivity index (χ1v) is 9.12. The predicted molar refractivity (Wildman–Crippen MR) is 103 cm³/mol. The molecule has 25 heavy (non-hydrogen) atoms. The third kappa shape index (κ3) is 6.09. The molecule has 0 radical (unpaired) electrons. The van der Waals surface area contributed by atoms with E-state index in [-0.39, 0.29) is 5.91 Å². The number of benzene rings is 2. The summed E-state index contributed by atoms with van der Waals surface area (Å²) >= 11 is 3.36. The fourth-order valence-corrected chi connectivity index (χ4v) is 2.50. The molecule has 0 bridgehead atoms. The van der Waals surface area contributed by atoms with Crippen LogP contribution in [0.5, 0.6) is 11.5 Å². The first kappa shape index (κ1) is 19.3. The fraction of sp³-hybridized carbons (Fsp3) is 0.350. The van der Waals surface area contributed by atoms with E-state index in [2.05, 4.69) is 35.1 Å². The number of methoxy groups -OCH3 is 1. The molecular weight excluding hydrogens is 382 g/mol. The van der Waals surface area contributed by atoms with E-state index in [0.717, 1.165) is 22.2 Å². The Labute approximate surface area is 157 Å². The molecule has 0 spiro atoms. The van der Waals surface area contributed by atoms with Crippen LogP contribution in [0.15, 0.2) is 46.9 Å². The highest BCUT2D eigenvalue weighted by atomic mass is 79.9. The van der Waals surface area contributed by atoms with Gasteiger partial charge in [0.1, 0.15) is 0 Å². The Morgan fingerprint density at radius 2 is 1.84 bits per heavy atom. The van der Waals surface area contributed by atoms with Crippen LogP contribution in [0.2, 0.25) is 0 Å². The lowest BCUT2D eigenvalue weighted by molar-refractivity contribution is 0.0951. The zero-order chi connectivity index (χ0) is 18.2. The lowest BCUT2D eigenvalue weighted by Gasteiger charge is -2.13. The topological polar surface area (TPSA) is 47.6 Å². The molecule has 5 heteroatoms. The zero-order valence-electron chi connectivity index (χ0n) is 14.8. The SMILES string of the molecule is COc1cc(CNC(=O)c2ccc(Br)cc2)ccc1OCCC(C)C. The summed E-state index contributed by atoms with van der Waals surface area (Å²) in [5.41, 5.74) is 1.59. The minimum Gasteiger partial charge on any atom is -0.493 e. The second kappa shape index (κ2) is 9.47. The minimum atomic E-state index is -0.108. The lowest BCUT2D eigenvalue weighted by Crippen LogP contribution is -2.22. The van der Waals surface area contributed by atoms with Gasteiger partial charge in [0.15, 0.2) is 11.5 Å². The molecule has 0 saturated heterocycles. The number of halogens is 1. The summed E-state index contributed by atoms with van der Waals surface area (Å²) < 4.78 is 12.1. The number of carbonyl (C=O) groups excluding carboxylic acids is 1. The summed E-state index contributed by atoms with van der Waals surface area (Å²) in [6, 6.07) is 13.0. The van der Waals surface area contributed by atoms with Crippen molar-refractivity contribution < 1.29 is 14.3 Å². The second-order valence-electron chi connectivity index (χ2n) is 6.21. The maximum atomic E-state index is 12.2. The molecule has 1 amide bonds. The van der Waals surface area contributed by atoms with Gasteiger partial charge in [0.25, 0.3) is 5.91 Å². The number of amides is 1. The van der Waals surface area contributed by atoms with Crippen molar-refractivity contribution in [1.82, 2.24) is 5.32 Å². The van der Waals surface area contributed by atoms with Crippen LogP contribution in [0.1, 0.15) is 36.2 Å². The van der Waals surface area contributed by atoms with E-state index in [1.54, 1.807) is 19.2 Å². The molecule has 4 nitrogen and oxygen atoms in total. The van der Waals surface area contributed by atoms with Gasteiger partial charge in [0, 0.05) is 16.6 Å². The van der Waals surface area contributed by atoms with E-state index in [1.165, 1.54) is 0 Å². The Balaban J connectivity index is 1.95. The van der Waals surface area contributed by atoms with Gasteiger partial charge >= 0.3 is 0 Å². The number of nitrogens with one attached hydrogen (secondary N) is 1. The number of hydrogen-bond acceptors (Lipinski definition) is 3. The minimum absolute atomic E-state index is 0.108. The molecule has 0 aliphatic rings. The summed E-state index contributed by atoms with van der Waals surface area (Å²) in [6.45, 7) is 5.42. The molecule has 0 saturated carbocycles. The van der Waals surface area contributed by atoms with Crippen LogP contribution in [0.3, 0.4) is 0 Å². The van der Waals surface area contributed by atoms with Crippen molar-refractivity contribution in [3.8, 4) is 11.5 Å². The van der Waals surface area contributed by atoms with Crippen molar-refractivity contribution >= 4 is 21.8 Å².